The second kappa shape index (κ2) is 3.46. The second-order valence-electron chi connectivity index (χ2n) is 3.06. The Morgan fingerprint density at radius 1 is 1.60 bits per heavy atom. The molecule has 1 atom stereocenters. The normalized spacial score (nSPS) is 12.3. The predicted octanol–water partition coefficient (Wildman–Crippen LogP) is 0.369. The maximum absolute atomic E-state index is 5.53. The molecule has 15 heavy (non-hydrogen) atoms. The number of H-pyrrole nitrogens is 1. The van der Waals surface area contributed by atoms with Crippen LogP contribution in [0.5, 0.6) is 0 Å². The van der Waals surface area contributed by atoms with Crippen molar-refractivity contribution in [2.75, 3.05) is 11.1 Å². The number of anilines is 2. The first-order valence-corrected chi connectivity index (χ1v) is 4.40. The van der Waals surface area contributed by atoms with E-state index >= 15 is 0 Å². The lowest BCUT2D eigenvalue weighted by Crippen LogP contribution is -2.14. The lowest BCUT2D eigenvalue weighted by Gasteiger charge is -2.08. The molecule has 0 aliphatic rings. The number of nitrogens with two attached hydrogens (primary N) is 1. The van der Waals surface area contributed by atoms with Crippen molar-refractivity contribution in [1.82, 2.24) is 19.9 Å². The number of hydrogen-bond donors (Lipinski definition) is 3. The summed E-state index contributed by atoms with van der Waals surface area (Å²) in [4.78, 5) is 14.9. The van der Waals surface area contributed by atoms with Crippen molar-refractivity contribution in [3.8, 4) is 12.3 Å². The third-order valence-electron chi connectivity index (χ3n) is 1.91. The first-order valence-electron chi connectivity index (χ1n) is 4.40. The van der Waals surface area contributed by atoms with Crippen molar-refractivity contribution in [3.05, 3.63) is 6.33 Å². The molecule has 0 bridgehead atoms. The summed E-state index contributed by atoms with van der Waals surface area (Å²) in [6.45, 7) is 1.85. The summed E-state index contributed by atoms with van der Waals surface area (Å²) >= 11 is 0. The van der Waals surface area contributed by atoms with Gasteiger partial charge in [0, 0.05) is 0 Å². The molecule has 0 aromatic carbocycles. The monoisotopic (exact) mass is 202 g/mol. The SMILES string of the molecule is C#CC(C)Nc1nc(N)nc2nc[nH]c12. The summed E-state index contributed by atoms with van der Waals surface area (Å²) in [5.41, 5.74) is 6.76. The third-order valence-corrected chi connectivity index (χ3v) is 1.91. The Hall–Kier alpha value is -2.29. The van der Waals surface area contributed by atoms with Crippen molar-refractivity contribution in [2.24, 2.45) is 0 Å². The van der Waals surface area contributed by atoms with E-state index in [4.69, 9.17) is 12.2 Å². The minimum atomic E-state index is -0.134. The zero-order valence-electron chi connectivity index (χ0n) is 8.15. The molecule has 0 fully saturated rings. The first-order chi connectivity index (χ1) is 7.20. The molecule has 0 aliphatic carbocycles. The van der Waals surface area contributed by atoms with Crippen molar-refractivity contribution < 1.29 is 0 Å². The lowest BCUT2D eigenvalue weighted by atomic mass is 10.3. The maximum Gasteiger partial charge on any atom is 0.224 e. The number of hydrogen-bond acceptors (Lipinski definition) is 5. The Morgan fingerprint density at radius 3 is 3.13 bits per heavy atom. The zero-order chi connectivity index (χ0) is 10.8. The summed E-state index contributed by atoms with van der Waals surface area (Å²) in [7, 11) is 0. The number of aromatic amines is 1. The average Bonchev–Trinajstić information content (AvgIpc) is 2.65. The quantitative estimate of drug-likeness (QED) is 0.612. The van der Waals surface area contributed by atoms with E-state index in [1.165, 1.54) is 6.33 Å². The van der Waals surface area contributed by atoms with E-state index in [1.54, 1.807) is 0 Å². The molecule has 2 aromatic heterocycles. The third kappa shape index (κ3) is 1.67. The van der Waals surface area contributed by atoms with Crippen molar-refractivity contribution in [3.63, 3.8) is 0 Å². The molecule has 0 spiro atoms. The number of fused-ring (bicyclic) bond motifs is 1. The Kier molecular flexibility index (Phi) is 2.14. The highest BCUT2D eigenvalue weighted by atomic mass is 15.1. The highest BCUT2D eigenvalue weighted by molar-refractivity contribution is 5.83. The van der Waals surface area contributed by atoms with Crippen molar-refractivity contribution in [2.45, 2.75) is 13.0 Å². The van der Waals surface area contributed by atoms with Gasteiger partial charge in [-0.1, -0.05) is 5.92 Å². The minimum Gasteiger partial charge on any atom is -0.368 e. The summed E-state index contributed by atoms with van der Waals surface area (Å²) < 4.78 is 0. The van der Waals surface area contributed by atoms with Crippen LogP contribution in [-0.4, -0.2) is 26.0 Å². The Morgan fingerprint density at radius 2 is 2.40 bits per heavy atom. The molecule has 1 unspecified atom stereocenters. The predicted molar refractivity (Wildman–Crippen MR) is 58.0 cm³/mol. The van der Waals surface area contributed by atoms with Gasteiger partial charge in [-0.15, -0.1) is 6.42 Å². The molecule has 0 saturated carbocycles. The fraction of sp³-hybridized carbons (Fsp3) is 0.222. The Balaban J connectivity index is 2.49. The zero-order valence-corrected chi connectivity index (χ0v) is 8.15. The number of imidazole rings is 1. The fourth-order valence-electron chi connectivity index (χ4n) is 1.20. The van der Waals surface area contributed by atoms with Gasteiger partial charge in [0.2, 0.25) is 5.95 Å². The van der Waals surface area contributed by atoms with E-state index in [9.17, 15) is 0 Å². The van der Waals surface area contributed by atoms with Gasteiger partial charge in [-0.2, -0.15) is 9.97 Å². The van der Waals surface area contributed by atoms with E-state index in [2.05, 4.69) is 31.2 Å². The molecule has 4 N–H and O–H groups in total. The molecule has 6 nitrogen and oxygen atoms in total. The van der Waals surface area contributed by atoms with E-state index in [0.29, 0.717) is 17.0 Å². The standard InChI is InChI=1S/C9H10N6/c1-3-5(2)13-8-6-7(12-4-11-6)14-9(10)15-8/h1,4-5H,2H3,(H4,10,11,12,13,14,15). The largest absolute Gasteiger partial charge is 0.368 e. The van der Waals surface area contributed by atoms with Crippen LogP contribution in [0.15, 0.2) is 6.33 Å². The number of nitrogens with zero attached hydrogens (tertiary/aromatic N) is 3. The molecule has 2 heterocycles. The molecule has 0 amide bonds. The molecule has 76 valence electrons. The van der Waals surface area contributed by atoms with Crippen LogP contribution in [0, 0.1) is 12.3 Å². The number of nitrogen functional groups attached to an aromatic ring is 1. The molecular formula is C9H10N6. The van der Waals surface area contributed by atoms with Crippen LogP contribution in [0.4, 0.5) is 11.8 Å². The van der Waals surface area contributed by atoms with E-state index in [-0.39, 0.29) is 12.0 Å². The van der Waals surface area contributed by atoms with Crippen molar-refractivity contribution >= 4 is 22.9 Å². The highest BCUT2D eigenvalue weighted by Crippen LogP contribution is 2.17. The highest BCUT2D eigenvalue weighted by Gasteiger charge is 2.09. The average molecular weight is 202 g/mol. The Labute approximate surface area is 86.3 Å². The van der Waals surface area contributed by atoms with Crippen LogP contribution in [0.1, 0.15) is 6.92 Å². The molecule has 0 radical (unpaired) electrons. The lowest BCUT2D eigenvalue weighted by molar-refractivity contribution is 1.01. The molecule has 2 aromatic rings. The second-order valence-corrected chi connectivity index (χ2v) is 3.06. The molecule has 6 heteroatoms. The summed E-state index contributed by atoms with van der Waals surface area (Å²) in [5.74, 6) is 3.28. The van der Waals surface area contributed by atoms with Gasteiger partial charge < -0.3 is 16.0 Å². The van der Waals surface area contributed by atoms with Gasteiger partial charge in [0.1, 0.15) is 5.52 Å². The van der Waals surface area contributed by atoms with Gasteiger partial charge >= 0.3 is 0 Å². The number of nitrogens with one attached hydrogen (secondary N) is 2. The van der Waals surface area contributed by atoms with Crippen LogP contribution >= 0.6 is 0 Å². The van der Waals surface area contributed by atoms with Crippen LogP contribution in [0.2, 0.25) is 0 Å². The van der Waals surface area contributed by atoms with Gasteiger partial charge in [0.05, 0.1) is 12.4 Å². The molecule has 2 rings (SSSR count). The van der Waals surface area contributed by atoms with E-state index < -0.39 is 0 Å². The number of terminal acetylenes is 1. The van der Waals surface area contributed by atoms with Crippen LogP contribution in [0.25, 0.3) is 11.2 Å². The van der Waals surface area contributed by atoms with Gasteiger partial charge in [0.25, 0.3) is 0 Å². The Bertz CT molecular complexity index is 523. The van der Waals surface area contributed by atoms with Gasteiger partial charge in [-0.05, 0) is 6.92 Å². The fourth-order valence-corrected chi connectivity index (χ4v) is 1.20. The summed E-state index contributed by atoms with van der Waals surface area (Å²) in [5, 5.41) is 3.02. The summed E-state index contributed by atoms with van der Waals surface area (Å²) in [6.07, 6.45) is 6.80. The minimum absolute atomic E-state index is 0.134. The van der Waals surface area contributed by atoms with E-state index in [0.717, 1.165) is 0 Å². The number of aromatic nitrogens is 4. The van der Waals surface area contributed by atoms with Crippen LogP contribution < -0.4 is 11.1 Å². The van der Waals surface area contributed by atoms with E-state index in [1.807, 2.05) is 6.92 Å². The maximum atomic E-state index is 5.53. The van der Waals surface area contributed by atoms with Crippen LogP contribution in [0.3, 0.4) is 0 Å². The van der Waals surface area contributed by atoms with Gasteiger partial charge in [0.15, 0.2) is 11.5 Å². The molecule has 0 aliphatic heterocycles. The first kappa shape index (κ1) is 9.27. The topological polar surface area (TPSA) is 92.5 Å². The smallest absolute Gasteiger partial charge is 0.224 e. The van der Waals surface area contributed by atoms with Gasteiger partial charge in [-0.3, -0.25) is 0 Å². The van der Waals surface area contributed by atoms with Gasteiger partial charge in [-0.25, -0.2) is 4.98 Å². The van der Waals surface area contributed by atoms with Crippen molar-refractivity contribution in [1.29, 1.82) is 0 Å². The summed E-state index contributed by atoms with van der Waals surface area (Å²) in [6, 6.07) is -0.134. The molecule has 0 saturated heterocycles. The molecular weight excluding hydrogens is 192 g/mol. The number of rotatable bonds is 2. The van der Waals surface area contributed by atoms with Crippen LogP contribution in [-0.2, 0) is 0 Å².